The van der Waals surface area contributed by atoms with E-state index in [0.29, 0.717) is 5.69 Å². The van der Waals surface area contributed by atoms with Gasteiger partial charge in [-0.1, -0.05) is 48.5 Å². The van der Waals surface area contributed by atoms with Crippen LogP contribution in [-0.4, -0.2) is 13.9 Å². The smallest absolute Gasteiger partial charge is 0.308 e. The van der Waals surface area contributed by atoms with E-state index >= 15 is 0 Å². The van der Waals surface area contributed by atoms with Crippen molar-refractivity contribution in [1.29, 1.82) is 5.26 Å². The van der Waals surface area contributed by atoms with Crippen LogP contribution in [0.15, 0.2) is 70.3 Å². The zero-order valence-electron chi connectivity index (χ0n) is 13.2. The third-order valence-electron chi connectivity index (χ3n) is 4.57. The highest BCUT2D eigenvalue weighted by Crippen LogP contribution is 2.35. The Hall–Kier alpha value is -3.37. The van der Waals surface area contributed by atoms with Gasteiger partial charge in [0.2, 0.25) is 0 Å². The molecule has 0 fully saturated rings. The molecule has 0 radical (unpaired) electrons. The normalized spacial score (nSPS) is 21.7. The van der Waals surface area contributed by atoms with Crippen LogP contribution in [0.3, 0.4) is 0 Å². The summed E-state index contributed by atoms with van der Waals surface area (Å²) in [6, 6.07) is 19.4. The summed E-state index contributed by atoms with van der Waals surface area (Å²) in [4.78, 5) is 25.9. The highest BCUT2D eigenvalue weighted by Gasteiger charge is 2.43. The van der Waals surface area contributed by atoms with Crippen LogP contribution < -0.4 is 17.1 Å². The Morgan fingerprint density at radius 2 is 1.44 bits per heavy atom. The van der Waals surface area contributed by atoms with Crippen molar-refractivity contribution in [2.24, 2.45) is 11.7 Å². The second-order valence-corrected chi connectivity index (χ2v) is 5.93. The molecule has 0 bridgehead atoms. The van der Waals surface area contributed by atoms with Crippen molar-refractivity contribution in [2.45, 2.75) is 12.2 Å². The van der Waals surface area contributed by atoms with Crippen molar-refractivity contribution in [3.05, 3.63) is 87.2 Å². The van der Waals surface area contributed by atoms with Crippen LogP contribution in [0, 0.1) is 17.2 Å². The average Bonchev–Trinajstić information content (AvgIpc) is 3.09. The third-order valence-corrected chi connectivity index (χ3v) is 4.57. The Balaban J connectivity index is 2.01. The minimum absolute atomic E-state index is 0.472. The summed E-state index contributed by atoms with van der Waals surface area (Å²) in [5, 5.41) is 9.56. The van der Waals surface area contributed by atoms with E-state index in [1.807, 2.05) is 30.3 Å². The Labute approximate surface area is 142 Å². The molecule has 0 saturated heterocycles. The summed E-state index contributed by atoms with van der Waals surface area (Å²) in [5.74, 6) is -0.701. The monoisotopic (exact) mass is 333 g/mol. The van der Waals surface area contributed by atoms with Gasteiger partial charge in [-0.2, -0.15) is 5.26 Å². The zero-order chi connectivity index (χ0) is 17.6. The molecule has 3 aromatic rings. The quantitative estimate of drug-likeness (QED) is 0.756. The van der Waals surface area contributed by atoms with Gasteiger partial charge in [0, 0.05) is 0 Å². The van der Waals surface area contributed by atoms with E-state index in [1.54, 1.807) is 30.3 Å². The average molecular weight is 333 g/mol. The lowest BCUT2D eigenvalue weighted by Crippen LogP contribution is -2.34. The van der Waals surface area contributed by atoms with Gasteiger partial charge in [0.05, 0.1) is 17.8 Å². The Morgan fingerprint density at radius 3 is 2.04 bits per heavy atom. The Morgan fingerprint density at radius 1 is 0.880 bits per heavy atom. The number of rotatable bonds is 2. The maximum atomic E-state index is 13.0. The van der Waals surface area contributed by atoms with Crippen LogP contribution in [0.4, 0.5) is 0 Å². The van der Waals surface area contributed by atoms with Crippen LogP contribution in [0.2, 0.25) is 0 Å². The SMILES string of the molecule is N#CC1C(N)n2c(=O)n(-c3ccccc3)c(=O)n2C1c1ccccc1. The van der Waals surface area contributed by atoms with Gasteiger partial charge < -0.3 is 5.73 Å². The highest BCUT2D eigenvalue weighted by atomic mass is 16.2. The molecular formula is C18H15N5O2. The Kier molecular flexibility index (Phi) is 3.41. The molecule has 25 heavy (non-hydrogen) atoms. The molecule has 7 nitrogen and oxygen atoms in total. The van der Waals surface area contributed by atoms with Crippen molar-refractivity contribution in [3.63, 3.8) is 0 Å². The summed E-state index contributed by atoms with van der Waals surface area (Å²) in [6.45, 7) is 0. The summed E-state index contributed by atoms with van der Waals surface area (Å²) in [5.41, 5.74) is 6.35. The second-order valence-electron chi connectivity index (χ2n) is 5.93. The molecule has 0 spiro atoms. The maximum absolute atomic E-state index is 13.0. The number of nitrogens with two attached hydrogens (primary N) is 1. The van der Waals surface area contributed by atoms with Crippen LogP contribution in [0.25, 0.3) is 5.69 Å². The molecule has 2 N–H and O–H groups in total. The first-order valence-corrected chi connectivity index (χ1v) is 7.87. The molecule has 0 aliphatic carbocycles. The molecule has 3 atom stereocenters. The molecule has 3 unspecified atom stereocenters. The number of aromatic nitrogens is 3. The first-order valence-electron chi connectivity index (χ1n) is 7.87. The fourth-order valence-corrected chi connectivity index (χ4v) is 3.43. The van der Waals surface area contributed by atoms with Gasteiger partial charge in [0.25, 0.3) is 0 Å². The fourth-order valence-electron chi connectivity index (χ4n) is 3.43. The summed E-state index contributed by atoms with van der Waals surface area (Å²) in [7, 11) is 0. The van der Waals surface area contributed by atoms with Gasteiger partial charge in [-0.25, -0.2) is 23.5 Å². The predicted octanol–water partition coefficient (Wildman–Crippen LogP) is 1.00. The number of para-hydroxylation sites is 1. The molecular weight excluding hydrogens is 318 g/mol. The van der Waals surface area contributed by atoms with E-state index in [0.717, 1.165) is 10.1 Å². The van der Waals surface area contributed by atoms with Crippen LogP contribution in [0.1, 0.15) is 17.8 Å². The Bertz CT molecular complexity index is 1070. The molecule has 4 rings (SSSR count). The van der Waals surface area contributed by atoms with Gasteiger partial charge in [0.15, 0.2) is 0 Å². The van der Waals surface area contributed by atoms with E-state index < -0.39 is 29.5 Å². The molecule has 1 aliphatic rings. The number of benzene rings is 2. The van der Waals surface area contributed by atoms with Crippen molar-refractivity contribution in [1.82, 2.24) is 13.9 Å². The fraction of sp³-hybridized carbons (Fsp3) is 0.167. The standard InChI is InChI=1S/C18H15N5O2/c19-11-14-15(12-7-3-1-4-8-12)22-17(24)21(13-9-5-2-6-10-13)18(25)23(22)16(14)20/h1-10,14-16H,20H2. The predicted molar refractivity (Wildman–Crippen MR) is 91.2 cm³/mol. The van der Waals surface area contributed by atoms with E-state index in [-0.39, 0.29) is 0 Å². The summed E-state index contributed by atoms with van der Waals surface area (Å²) in [6.07, 6.45) is -0.889. The van der Waals surface area contributed by atoms with Gasteiger partial charge in [-0.15, -0.1) is 0 Å². The number of nitrogens with zero attached hydrogens (tertiary/aromatic N) is 4. The second kappa shape index (κ2) is 5.61. The van der Waals surface area contributed by atoms with E-state index in [4.69, 9.17) is 5.73 Å². The number of hydrogen-bond donors (Lipinski definition) is 1. The van der Waals surface area contributed by atoms with E-state index in [1.165, 1.54) is 9.36 Å². The largest absolute Gasteiger partial charge is 0.353 e. The number of hydrogen-bond acceptors (Lipinski definition) is 4. The first-order chi connectivity index (χ1) is 12.1. The molecule has 124 valence electrons. The molecule has 0 saturated carbocycles. The van der Waals surface area contributed by atoms with Gasteiger partial charge in [-0.3, -0.25) is 0 Å². The zero-order valence-corrected chi connectivity index (χ0v) is 13.2. The lowest BCUT2D eigenvalue weighted by atomic mass is 9.93. The summed E-state index contributed by atoms with van der Waals surface area (Å²) < 4.78 is 3.59. The molecule has 2 heterocycles. The molecule has 0 amide bonds. The minimum Gasteiger partial charge on any atom is -0.308 e. The van der Waals surface area contributed by atoms with Gasteiger partial charge in [-0.05, 0) is 17.7 Å². The maximum Gasteiger partial charge on any atom is 0.353 e. The van der Waals surface area contributed by atoms with E-state index in [9.17, 15) is 14.9 Å². The first kappa shape index (κ1) is 15.2. The molecule has 7 heteroatoms. The van der Waals surface area contributed by atoms with Crippen molar-refractivity contribution in [2.75, 3.05) is 0 Å². The summed E-state index contributed by atoms with van der Waals surface area (Å²) >= 11 is 0. The molecule has 1 aliphatic heterocycles. The highest BCUT2D eigenvalue weighted by molar-refractivity contribution is 5.32. The third kappa shape index (κ3) is 2.08. The minimum atomic E-state index is -0.889. The van der Waals surface area contributed by atoms with E-state index in [2.05, 4.69) is 6.07 Å². The van der Waals surface area contributed by atoms with Gasteiger partial charge in [0.1, 0.15) is 12.1 Å². The molecule has 1 aromatic heterocycles. The molecule has 2 aromatic carbocycles. The number of fused-ring (bicyclic) bond motifs is 1. The van der Waals surface area contributed by atoms with Crippen molar-refractivity contribution >= 4 is 0 Å². The van der Waals surface area contributed by atoms with Crippen molar-refractivity contribution in [3.8, 4) is 11.8 Å². The van der Waals surface area contributed by atoms with Crippen LogP contribution >= 0.6 is 0 Å². The van der Waals surface area contributed by atoms with Crippen LogP contribution in [0.5, 0.6) is 0 Å². The lowest BCUT2D eigenvalue weighted by molar-refractivity contribution is 0.436. The lowest BCUT2D eigenvalue weighted by Gasteiger charge is -2.15. The van der Waals surface area contributed by atoms with Crippen LogP contribution in [-0.2, 0) is 0 Å². The van der Waals surface area contributed by atoms with Crippen molar-refractivity contribution < 1.29 is 0 Å². The van der Waals surface area contributed by atoms with Gasteiger partial charge >= 0.3 is 11.4 Å². The topological polar surface area (TPSA) is 98.7 Å². The number of nitriles is 1.